The van der Waals surface area contributed by atoms with E-state index in [2.05, 4.69) is 4.72 Å². The second-order valence-corrected chi connectivity index (χ2v) is 7.07. The lowest BCUT2D eigenvalue weighted by molar-refractivity contribution is 0.0685. The normalized spacial score (nSPS) is 12.6. The van der Waals surface area contributed by atoms with Crippen LogP contribution in [-0.2, 0) is 16.6 Å². The van der Waals surface area contributed by atoms with Crippen LogP contribution in [0.2, 0.25) is 0 Å². The van der Waals surface area contributed by atoms with Crippen LogP contribution in [0.15, 0.2) is 17.2 Å². The summed E-state index contributed by atoms with van der Waals surface area (Å²) in [6, 6.07) is 1.19. The minimum absolute atomic E-state index is 0.0130. The van der Waals surface area contributed by atoms with Crippen molar-refractivity contribution in [3.8, 4) is 0 Å². The van der Waals surface area contributed by atoms with Gasteiger partial charge in [0, 0.05) is 18.3 Å². The first-order chi connectivity index (χ1) is 9.13. The molecule has 0 saturated carbocycles. The number of aryl methyl sites for hydroxylation is 1. The van der Waals surface area contributed by atoms with Gasteiger partial charge in [-0.25, -0.2) is 17.9 Å². The fourth-order valence-electron chi connectivity index (χ4n) is 2.17. The fourth-order valence-corrected chi connectivity index (χ4v) is 3.65. The quantitative estimate of drug-likeness (QED) is 0.807. The summed E-state index contributed by atoms with van der Waals surface area (Å²) in [5.74, 6) is -1.14. The minimum atomic E-state index is -3.72. The minimum Gasteiger partial charge on any atom is -0.477 e. The lowest BCUT2D eigenvalue weighted by Crippen LogP contribution is -2.43. The van der Waals surface area contributed by atoms with E-state index in [9.17, 15) is 13.2 Å². The summed E-state index contributed by atoms with van der Waals surface area (Å²) in [5.41, 5.74) is -0.591. The van der Waals surface area contributed by atoms with Gasteiger partial charge in [0.2, 0.25) is 10.0 Å². The molecule has 1 aromatic rings. The van der Waals surface area contributed by atoms with Crippen LogP contribution in [0.25, 0.3) is 0 Å². The highest BCUT2D eigenvalue weighted by atomic mass is 32.2. The molecule has 7 heteroatoms. The van der Waals surface area contributed by atoms with Crippen LogP contribution in [-0.4, -0.2) is 29.6 Å². The topological polar surface area (TPSA) is 88.4 Å². The number of carbonyl (C=O) groups is 1. The zero-order valence-corrected chi connectivity index (χ0v) is 13.1. The Morgan fingerprint density at radius 3 is 2.40 bits per heavy atom. The van der Waals surface area contributed by atoms with Crippen molar-refractivity contribution in [3.63, 3.8) is 0 Å². The van der Waals surface area contributed by atoms with Crippen molar-refractivity contribution >= 4 is 16.0 Å². The van der Waals surface area contributed by atoms with Crippen LogP contribution >= 0.6 is 0 Å². The Morgan fingerprint density at radius 2 is 2.00 bits per heavy atom. The van der Waals surface area contributed by atoms with Gasteiger partial charge < -0.3 is 9.67 Å². The first-order valence-electron chi connectivity index (χ1n) is 6.60. The van der Waals surface area contributed by atoms with E-state index in [0.717, 1.165) is 6.42 Å². The van der Waals surface area contributed by atoms with Crippen molar-refractivity contribution in [2.45, 2.75) is 57.5 Å². The van der Waals surface area contributed by atoms with Crippen molar-refractivity contribution in [1.82, 2.24) is 9.29 Å². The molecule has 1 heterocycles. The van der Waals surface area contributed by atoms with E-state index in [4.69, 9.17) is 5.11 Å². The number of rotatable bonds is 7. The predicted molar refractivity (Wildman–Crippen MR) is 76.4 cm³/mol. The number of aromatic nitrogens is 1. The molecular weight excluding hydrogens is 280 g/mol. The van der Waals surface area contributed by atoms with Gasteiger partial charge in [-0.2, -0.15) is 0 Å². The molecule has 0 amide bonds. The van der Waals surface area contributed by atoms with E-state index in [1.54, 1.807) is 6.92 Å². The molecule has 0 unspecified atom stereocenters. The summed E-state index contributed by atoms with van der Waals surface area (Å²) in [6.07, 6.45) is 2.91. The van der Waals surface area contributed by atoms with E-state index >= 15 is 0 Å². The van der Waals surface area contributed by atoms with Gasteiger partial charge in [-0.3, -0.25) is 0 Å². The van der Waals surface area contributed by atoms with Gasteiger partial charge in [-0.05, 0) is 33.3 Å². The van der Waals surface area contributed by atoms with Crippen LogP contribution < -0.4 is 4.72 Å². The maximum Gasteiger partial charge on any atom is 0.352 e. The highest BCUT2D eigenvalue weighted by Gasteiger charge is 2.27. The molecular formula is C13H22N2O4S. The Morgan fingerprint density at radius 1 is 1.40 bits per heavy atom. The molecule has 0 bridgehead atoms. The molecule has 1 aromatic heterocycles. The van der Waals surface area contributed by atoms with Crippen LogP contribution in [0, 0.1) is 0 Å². The monoisotopic (exact) mass is 302 g/mol. The number of sulfonamides is 1. The van der Waals surface area contributed by atoms with E-state index < -0.39 is 21.5 Å². The number of nitrogens with zero attached hydrogens (tertiary/aromatic N) is 1. The Hall–Kier alpha value is -1.34. The first kappa shape index (κ1) is 16.7. The molecule has 114 valence electrons. The summed E-state index contributed by atoms with van der Waals surface area (Å²) in [6.45, 7) is 7.75. The molecule has 20 heavy (non-hydrogen) atoms. The summed E-state index contributed by atoms with van der Waals surface area (Å²) in [7, 11) is -3.72. The van der Waals surface area contributed by atoms with Gasteiger partial charge in [-0.1, -0.05) is 13.3 Å². The first-order valence-corrected chi connectivity index (χ1v) is 8.08. The van der Waals surface area contributed by atoms with Crippen molar-refractivity contribution in [1.29, 1.82) is 0 Å². The molecule has 0 radical (unpaired) electrons. The molecule has 0 atom stereocenters. The van der Waals surface area contributed by atoms with Crippen LogP contribution in [0.5, 0.6) is 0 Å². The van der Waals surface area contributed by atoms with Gasteiger partial charge in [-0.15, -0.1) is 0 Å². The smallest absolute Gasteiger partial charge is 0.352 e. The Kier molecular flexibility index (Phi) is 4.99. The molecule has 1 rings (SSSR count). The third-order valence-electron chi connectivity index (χ3n) is 3.03. The fraction of sp³-hybridized carbons (Fsp3) is 0.615. The Balaban J connectivity index is 3.13. The van der Waals surface area contributed by atoms with Crippen molar-refractivity contribution in [2.75, 3.05) is 0 Å². The van der Waals surface area contributed by atoms with Gasteiger partial charge in [0.05, 0.1) is 0 Å². The van der Waals surface area contributed by atoms with Crippen LogP contribution in [0.3, 0.4) is 0 Å². The molecule has 0 aliphatic heterocycles. The molecule has 0 aliphatic rings. The van der Waals surface area contributed by atoms with Gasteiger partial charge >= 0.3 is 5.97 Å². The average molecular weight is 302 g/mol. The molecule has 6 nitrogen and oxygen atoms in total. The van der Waals surface area contributed by atoms with E-state index in [-0.39, 0.29) is 10.6 Å². The highest BCUT2D eigenvalue weighted by molar-refractivity contribution is 7.89. The summed E-state index contributed by atoms with van der Waals surface area (Å²) < 4.78 is 28.6. The number of aromatic carboxylic acids is 1. The molecule has 0 saturated heterocycles. The summed E-state index contributed by atoms with van der Waals surface area (Å²) >= 11 is 0. The molecule has 0 fully saturated rings. The molecule has 2 N–H and O–H groups in total. The third-order valence-corrected chi connectivity index (χ3v) is 4.69. The van der Waals surface area contributed by atoms with Crippen molar-refractivity contribution < 1.29 is 18.3 Å². The highest BCUT2D eigenvalue weighted by Crippen LogP contribution is 2.19. The molecule has 0 aromatic carbocycles. The number of carboxylic acids is 1. The van der Waals surface area contributed by atoms with Gasteiger partial charge in [0.1, 0.15) is 10.6 Å². The SMILES string of the molecule is CCCC(C)(C)NS(=O)(=O)c1cc(C(=O)O)n(CC)c1. The van der Waals surface area contributed by atoms with E-state index in [1.807, 2.05) is 20.8 Å². The summed E-state index contributed by atoms with van der Waals surface area (Å²) in [4.78, 5) is 11.1. The largest absolute Gasteiger partial charge is 0.477 e. The Labute approximate surface area is 119 Å². The third kappa shape index (κ3) is 3.83. The van der Waals surface area contributed by atoms with E-state index in [1.165, 1.54) is 16.8 Å². The number of hydrogen-bond acceptors (Lipinski definition) is 3. The van der Waals surface area contributed by atoms with Gasteiger partial charge in [0.15, 0.2) is 0 Å². The van der Waals surface area contributed by atoms with Crippen LogP contribution in [0.1, 0.15) is 51.0 Å². The van der Waals surface area contributed by atoms with E-state index in [0.29, 0.717) is 13.0 Å². The zero-order valence-electron chi connectivity index (χ0n) is 12.3. The number of nitrogens with one attached hydrogen (secondary N) is 1. The number of hydrogen-bond donors (Lipinski definition) is 2. The lowest BCUT2D eigenvalue weighted by Gasteiger charge is -2.25. The standard InChI is InChI=1S/C13H22N2O4S/c1-5-7-13(3,4)14-20(18,19)10-8-11(12(16)17)15(6-2)9-10/h8-9,14H,5-7H2,1-4H3,(H,16,17). The molecule has 0 aliphatic carbocycles. The predicted octanol–water partition coefficient (Wildman–Crippen LogP) is 2.06. The second-order valence-electron chi connectivity index (χ2n) is 5.39. The van der Waals surface area contributed by atoms with Crippen molar-refractivity contribution in [3.05, 3.63) is 18.0 Å². The number of carboxylic acid groups (broad SMARTS) is 1. The maximum atomic E-state index is 12.3. The lowest BCUT2D eigenvalue weighted by atomic mass is 10.0. The average Bonchev–Trinajstić information content (AvgIpc) is 2.71. The summed E-state index contributed by atoms with van der Waals surface area (Å²) in [5, 5.41) is 9.06. The molecule has 0 spiro atoms. The van der Waals surface area contributed by atoms with Crippen molar-refractivity contribution in [2.24, 2.45) is 0 Å². The van der Waals surface area contributed by atoms with Gasteiger partial charge in [0.25, 0.3) is 0 Å². The Bertz CT molecular complexity index is 588. The van der Waals surface area contributed by atoms with Crippen LogP contribution in [0.4, 0.5) is 0 Å². The maximum absolute atomic E-state index is 12.3. The zero-order chi connectivity index (χ0) is 15.6. The second kappa shape index (κ2) is 5.97.